The highest BCUT2D eigenvalue weighted by molar-refractivity contribution is 8.13. The Morgan fingerprint density at radius 1 is 1.18 bits per heavy atom. The standard InChI is InChI=1S/C24H21F3N4O2S/c1-31-21(27)11-19(30-31)20-9-15-12-34-23(28-22(32)14-5-3-2-4-6-14)29-24(15,13-33-20)17-8-7-16(25)10-18(17)26/h2-8,10-11,15,20H,9,12-13H2,1H3,(H,28,29,32). The summed E-state index contributed by atoms with van der Waals surface area (Å²) in [6, 6.07) is 13.4. The Balaban J connectivity index is 1.50. The first-order valence-corrected chi connectivity index (χ1v) is 11.7. The van der Waals surface area contributed by atoms with Gasteiger partial charge in [-0.3, -0.25) is 4.79 Å². The summed E-state index contributed by atoms with van der Waals surface area (Å²) in [6.45, 7) is -0.0334. The summed E-state index contributed by atoms with van der Waals surface area (Å²) in [5.41, 5.74) is -0.0691. The van der Waals surface area contributed by atoms with E-state index in [1.807, 2.05) is 6.07 Å². The maximum atomic E-state index is 15.0. The average molecular weight is 487 g/mol. The number of nitrogens with one attached hydrogen (secondary N) is 1. The molecule has 2 aliphatic rings. The molecule has 0 radical (unpaired) electrons. The minimum atomic E-state index is -1.17. The van der Waals surface area contributed by atoms with E-state index >= 15 is 4.39 Å². The number of benzene rings is 2. The summed E-state index contributed by atoms with van der Waals surface area (Å²) in [6.07, 6.45) is -0.0856. The lowest BCUT2D eigenvalue weighted by Gasteiger charge is -2.46. The van der Waals surface area contributed by atoms with Crippen molar-refractivity contribution >= 4 is 22.8 Å². The molecule has 34 heavy (non-hydrogen) atoms. The first kappa shape index (κ1) is 22.7. The quantitative estimate of drug-likeness (QED) is 0.598. The molecule has 176 valence electrons. The van der Waals surface area contributed by atoms with Crippen molar-refractivity contribution < 1.29 is 22.7 Å². The number of nitrogens with zero attached hydrogens (tertiary/aromatic N) is 3. The second-order valence-electron chi connectivity index (χ2n) is 8.34. The van der Waals surface area contributed by atoms with Crippen LogP contribution in [0.3, 0.4) is 0 Å². The highest BCUT2D eigenvalue weighted by Crippen LogP contribution is 2.49. The minimum Gasteiger partial charge on any atom is -0.369 e. The van der Waals surface area contributed by atoms with Crippen molar-refractivity contribution in [3.05, 3.63) is 89.0 Å². The van der Waals surface area contributed by atoms with Gasteiger partial charge in [-0.1, -0.05) is 36.0 Å². The molecule has 3 heterocycles. The van der Waals surface area contributed by atoms with Crippen LogP contribution in [0, 0.1) is 23.5 Å². The van der Waals surface area contributed by atoms with E-state index in [9.17, 15) is 13.6 Å². The third-order valence-corrected chi connectivity index (χ3v) is 7.26. The summed E-state index contributed by atoms with van der Waals surface area (Å²) >= 11 is 1.35. The molecule has 3 unspecified atom stereocenters. The van der Waals surface area contributed by atoms with Gasteiger partial charge >= 0.3 is 0 Å². The van der Waals surface area contributed by atoms with Crippen molar-refractivity contribution in [1.29, 1.82) is 0 Å². The highest BCUT2D eigenvalue weighted by Gasteiger charge is 2.50. The normalized spacial score (nSPS) is 24.3. The number of rotatable bonds is 3. The predicted octanol–water partition coefficient (Wildman–Crippen LogP) is 4.34. The highest BCUT2D eigenvalue weighted by atomic mass is 32.2. The Morgan fingerprint density at radius 2 is 1.97 bits per heavy atom. The Hall–Kier alpha value is -3.11. The van der Waals surface area contributed by atoms with E-state index in [1.54, 1.807) is 24.3 Å². The van der Waals surface area contributed by atoms with E-state index < -0.39 is 29.2 Å². The summed E-state index contributed by atoms with van der Waals surface area (Å²) in [5.74, 6) is -1.97. The van der Waals surface area contributed by atoms with Gasteiger partial charge in [-0.05, 0) is 24.6 Å². The second kappa shape index (κ2) is 8.92. The third-order valence-electron chi connectivity index (χ3n) is 6.23. The van der Waals surface area contributed by atoms with Gasteiger partial charge in [0, 0.05) is 42.0 Å². The number of aliphatic imine (C=N–C) groups is 1. The molecule has 0 aliphatic carbocycles. The number of aryl methyl sites for hydroxylation is 1. The van der Waals surface area contributed by atoms with E-state index in [0.29, 0.717) is 28.6 Å². The van der Waals surface area contributed by atoms with Gasteiger partial charge < -0.3 is 10.1 Å². The van der Waals surface area contributed by atoms with E-state index in [-0.39, 0.29) is 24.0 Å². The van der Waals surface area contributed by atoms with Gasteiger partial charge in [0.25, 0.3) is 5.91 Å². The number of hydrogen-bond acceptors (Lipinski definition) is 5. The van der Waals surface area contributed by atoms with Gasteiger partial charge in [-0.2, -0.15) is 9.49 Å². The number of carbonyl (C=O) groups is 1. The molecule has 1 N–H and O–H groups in total. The molecule has 1 aromatic heterocycles. The van der Waals surface area contributed by atoms with E-state index in [2.05, 4.69) is 10.4 Å². The van der Waals surface area contributed by atoms with Crippen LogP contribution < -0.4 is 5.32 Å². The molecule has 1 saturated heterocycles. The minimum absolute atomic E-state index is 0.0334. The van der Waals surface area contributed by atoms with E-state index in [4.69, 9.17) is 9.73 Å². The lowest BCUT2D eigenvalue weighted by atomic mass is 9.74. The van der Waals surface area contributed by atoms with Crippen molar-refractivity contribution in [2.24, 2.45) is 18.0 Å². The van der Waals surface area contributed by atoms with Crippen LogP contribution in [0.2, 0.25) is 0 Å². The molecule has 2 aliphatic heterocycles. The smallest absolute Gasteiger partial charge is 0.257 e. The molecule has 5 rings (SSSR count). The predicted molar refractivity (Wildman–Crippen MR) is 122 cm³/mol. The lowest BCUT2D eigenvalue weighted by molar-refractivity contribution is -0.0608. The fraction of sp³-hybridized carbons (Fsp3) is 0.292. The number of amidine groups is 1. The Morgan fingerprint density at radius 3 is 2.68 bits per heavy atom. The Labute approximate surface area is 198 Å². The molecule has 1 fully saturated rings. The molecule has 0 bridgehead atoms. The molecule has 0 spiro atoms. The van der Waals surface area contributed by atoms with Crippen LogP contribution in [0.1, 0.15) is 34.1 Å². The second-order valence-corrected chi connectivity index (χ2v) is 9.35. The van der Waals surface area contributed by atoms with Crippen LogP contribution in [0.4, 0.5) is 13.2 Å². The number of halogens is 3. The van der Waals surface area contributed by atoms with Gasteiger partial charge in [0.2, 0.25) is 5.95 Å². The van der Waals surface area contributed by atoms with Crippen LogP contribution in [0.15, 0.2) is 59.6 Å². The molecule has 1 amide bonds. The summed E-state index contributed by atoms with van der Waals surface area (Å²) < 4.78 is 49.7. The van der Waals surface area contributed by atoms with Crippen molar-refractivity contribution in [2.45, 2.75) is 18.1 Å². The lowest BCUT2D eigenvalue weighted by Crippen LogP contribution is -2.49. The fourth-order valence-electron chi connectivity index (χ4n) is 4.44. The molecule has 6 nitrogen and oxygen atoms in total. The number of amides is 1. The number of fused-ring (bicyclic) bond motifs is 1. The van der Waals surface area contributed by atoms with E-state index in [1.165, 1.54) is 37.0 Å². The molecule has 10 heteroatoms. The first-order valence-electron chi connectivity index (χ1n) is 10.7. The summed E-state index contributed by atoms with van der Waals surface area (Å²) in [4.78, 5) is 17.5. The van der Waals surface area contributed by atoms with Gasteiger partial charge in [-0.25, -0.2) is 18.5 Å². The van der Waals surface area contributed by atoms with Crippen molar-refractivity contribution in [3.8, 4) is 0 Å². The number of ether oxygens (including phenoxy) is 1. The van der Waals surface area contributed by atoms with Crippen LogP contribution in [-0.2, 0) is 17.3 Å². The number of carbonyl (C=O) groups excluding carboxylic acids is 1. The van der Waals surface area contributed by atoms with Crippen LogP contribution in [0.5, 0.6) is 0 Å². The number of aromatic nitrogens is 2. The average Bonchev–Trinajstić information content (AvgIpc) is 3.17. The van der Waals surface area contributed by atoms with Gasteiger partial charge in [0.05, 0.1) is 12.3 Å². The largest absolute Gasteiger partial charge is 0.369 e. The van der Waals surface area contributed by atoms with Gasteiger partial charge in [0.15, 0.2) is 5.17 Å². The van der Waals surface area contributed by atoms with Crippen LogP contribution in [-0.4, -0.2) is 33.2 Å². The van der Waals surface area contributed by atoms with Crippen molar-refractivity contribution in [1.82, 2.24) is 15.1 Å². The molecular formula is C24H21F3N4O2S. The fourth-order valence-corrected chi connectivity index (χ4v) is 5.60. The van der Waals surface area contributed by atoms with Crippen molar-refractivity contribution in [2.75, 3.05) is 12.4 Å². The molecule has 0 saturated carbocycles. The number of hydrogen-bond donors (Lipinski definition) is 1. The zero-order chi connectivity index (χ0) is 23.9. The zero-order valence-corrected chi connectivity index (χ0v) is 19.0. The maximum Gasteiger partial charge on any atom is 0.257 e. The molecule has 3 aromatic rings. The number of thioether (sulfide) groups is 1. The maximum absolute atomic E-state index is 15.0. The van der Waals surface area contributed by atoms with Crippen LogP contribution >= 0.6 is 11.8 Å². The summed E-state index contributed by atoms with van der Waals surface area (Å²) in [5, 5.41) is 7.31. The van der Waals surface area contributed by atoms with Crippen LogP contribution in [0.25, 0.3) is 0 Å². The zero-order valence-electron chi connectivity index (χ0n) is 18.2. The third kappa shape index (κ3) is 4.12. The first-order chi connectivity index (χ1) is 16.4. The van der Waals surface area contributed by atoms with Gasteiger partial charge in [-0.15, -0.1) is 0 Å². The van der Waals surface area contributed by atoms with E-state index in [0.717, 1.165) is 10.7 Å². The van der Waals surface area contributed by atoms with Crippen molar-refractivity contribution in [3.63, 3.8) is 0 Å². The summed E-state index contributed by atoms with van der Waals surface area (Å²) in [7, 11) is 1.50. The topological polar surface area (TPSA) is 68.5 Å². The molecule has 3 atom stereocenters. The molecule has 2 aromatic carbocycles. The molecular weight excluding hydrogens is 465 g/mol. The Bertz CT molecular complexity index is 1250. The SMILES string of the molecule is Cn1nc(C2CC3CSC(NC(=O)c4ccccc4)=NC3(c3ccc(F)cc3F)CO2)cc1F. The van der Waals surface area contributed by atoms with Gasteiger partial charge in [0.1, 0.15) is 23.3 Å². The monoisotopic (exact) mass is 486 g/mol. The Kier molecular flexibility index (Phi) is 5.95.